The van der Waals surface area contributed by atoms with Crippen molar-refractivity contribution in [2.24, 2.45) is 5.73 Å². The van der Waals surface area contributed by atoms with Crippen LogP contribution in [0.4, 0.5) is 9.59 Å². The van der Waals surface area contributed by atoms with Crippen LogP contribution in [0.3, 0.4) is 0 Å². The van der Waals surface area contributed by atoms with Gasteiger partial charge in [0, 0.05) is 18.5 Å². The average Bonchev–Trinajstić information content (AvgIpc) is 2.80. The van der Waals surface area contributed by atoms with Crippen LogP contribution >= 0.6 is 0 Å². The highest BCUT2D eigenvalue weighted by molar-refractivity contribution is 5.84. The van der Waals surface area contributed by atoms with Crippen LogP contribution in [0, 0.1) is 11.8 Å². The predicted octanol–water partition coefficient (Wildman–Crippen LogP) is 3.67. The van der Waals surface area contributed by atoms with Crippen LogP contribution in [0.25, 0.3) is 0 Å². The van der Waals surface area contributed by atoms with Gasteiger partial charge in [-0.1, -0.05) is 54.3 Å². The fourth-order valence-corrected chi connectivity index (χ4v) is 2.97. The predicted molar refractivity (Wildman–Crippen MR) is 133 cm³/mol. The number of amides is 3. The number of hydrogen-bond acceptors (Lipinski definition) is 5. The van der Waals surface area contributed by atoms with Crippen LogP contribution < -0.4 is 16.4 Å². The van der Waals surface area contributed by atoms with Crippen molar-refractivity contribution in [3.05, 3.63) is 71.3 Å². The van der Waals surface area contributed by atoms with E-state index in [0.29, 0.717) is 25.8 Å². The summed E-state index contributed by atoms with van der Waals surface area (Å²) in [5.41, 5.74) is 7.50. The number of carbonyl (C=O) groups is 3. The van der Waals surface area contributed by atoms with E-state index in [2.05, 4.69) is 22.5 Å². The summed E-state index contributed by atoms with van der Waals surface area (Å²) in [4.78, 5) is 35.3. The maximum atomic E-state index is 11.9. The molecule has 8 nitrogen and oxygen atoms in total. The van der Waals surface area contributed by atoms with E-state index < -0.39 is 29.7 Å². The molecule has 0 aliphatic heterocycles. The molecule has 0 aliphatic rings. The molecule has 1 unspecified atom stereocenters. The Labute approximate surface area is 206 Å². The number of carbonyl (C=O) groups excluding carboxylic acids is 3. The van der Waals surface area contributed by atoms with Gasteiger partial charge >= 0.3 is 12.2 Å². The average molecular weight is 480 g/mol. The normalized spacial score (nSPS) is 11.4. The Morgan fingerprint density at radius 3 is 2.29 bits per heavy atom. The zero-order valence-electron chi connectivity index (χ0n) is 20.4. The largest absolute Gasteiger partial charge is 0.445 e. The van der Waals surface area contributed by atoms with Crippen LogP contribution in [-0.4, -0.2) is 36.3 Å². The number of ether oxygens (including phenoxy) is 2. The van der Waals surface area contributed by atoms with Gasteiger partial charge in [0.05, 0.1) is 0 Å². The first-order valence-electron chi connectivity index (χ1n) is 11.4. The van der Waals surface area contributed by atoms with Crippen LogP contribution in [-0.2, 0) is 27.3 Å². The highest BCUT2D eigenvalue weighted by Crippen LogP contribution is 2.10. The van der Waals surface area contributed by atoms with Gasteiger partial charge in [0.2, 0.25) is 5.91 Å². The summed E-state index contributed by atoms with van der Waals surface area (Å²) in [7, 11) is 0. The number of benzene rings is 2. The van der Waals surface area contributed by atoms with Gasteiger partial charge in [-0.3, -0.25) is 4.79 Å². The minimum absolute atomic E-state index is 0.224. The molecule has 0 saturated heterocycles. The van der Waals surface area contributed by atoms with Gasteiger partial charge in [-0.15, -0.1) is 0 Å². The summed E-state index contributed by atoms with van der Waals surface area (Å²) in [5, 5.41) is 5.19. The lowest BCUT2D eigenvalue weighted by atomic mass is 10.0. The van der Waals surface area contributed by atoms with E-state index in [0.717, 1.165) is 16.7 Å². The van der Waals surface area contributed by atoms with E-state index in [4.69, 9.17) is 15.2 Å². The Morgan fingerprint density at radius 1 is 0.971 bits per heavy atom. The molecule has 0 radical (unpaired) electrons. The molecule has 0 heterocycles. The van der Waals surface area contributed by atoms with Crippen molar-refractivity contribution < 1.29 is 23.9 Å². The quantitative estimate of drug-likeness (QED) is 0.374. The van der Waals surface area contributed by atoms with Crippen molar-refractivity contribution in [2.75, 3.05) is 6.54 Å². The third kappa shape index (κ3) is 11.6. The number of nitrogens with one attached hydrogen (secondary N) is 2. The Kier molecular flexibility index (Phi) is 10.6. The number of nitrogens with two attached hydrogens (primary N) is 1. The SMILES string of the molecule is CC(C)(C)OC(=O)NC(CCc1ccc(C#CCCNC(=O)OCc2ccccc2)cc1)C(N)=O. The lowest BCUT2D eigenvalue weighted by Crippen LogP contribution is -2.46. The van der Waals surface area contributed by atoms with E-state index in [1.807, 2.05) is 54.6 Å². The summed E-state index contributed by atoms with van der Waals surface area (Å²) in [6.07, 6.45) is 0.234. The number of primary amides is 1. The first-order valence-corrected chi connectivity index (χ1v) is 11.4. The topological polar surface area (TPSA) is 120 Å². The highest BCUT2D eigenvalue weighted by Gasteiger charge is 2.22. The van der Waals surface area contributed by atoms with Crippen LogP contribution in [0.5, 0.6) is 0 Å². The lowest BCUT2D eigenvalue weighted by molar-refractivity contribution is -0.120. The number of hydrogen-bond donors (Lipinski definition) is 3. The Morgan fingerprint density at radius 2 is 1.66 bits per heavy atom. The summed E-state index contributed by atoms with van der Waals surface area (Å²) in [6.45, 7) is 5.84. The smallest absolute Gasteiger partial charge is 0.408 e. The summed E-state index contributed by atoms with van der Waals surface area (Å²) in [6, 6.07) is 16.2. The molecule has 0 saturated carbocycles. The molecule has 0 spiro atoms. The van der Waals surface area contributed by atoms with Crippen LogP contribution in [0.1, 0.15) is 50.3 Å². The molecule has 8 heteroatoms. The lowest BCUT2D eigenvalue weighted by Gasteiger charge is -2.22. The molecule has 0 aromatic heterocycles. The van der Waals surface area contributed by atoms with Crippen LogP contribution in [0.2, 0.25) is 0 Å². The molecule has 2 rings (SSSR count). The minimum Gasteiger partial charge on any atom is -0.445 e. The van der Waals surface area contributed by atoms with Gasteiger partial charge in [0.25, 0.3) is 0 Å². The highest BCUT2D eigenvalue weighted by atomic mass is 16.6. The maximum Gasteiger partial charge on any atom is 0.408 e. The zero-order valence-corrected chi connectivity index (χ0v) is 20.4. The first-order chi connectivity index (χ1) is 16.6. The van der Waals surface area contributed by atoms with Crippen molar-refractivity contribution >= 4 is 18.1 Å². The van der Waals surface area contributed by atoms with Crippen molar-refractivity contribution in [3.8, 4) is 11.8 Å². The van der Waals surface area contributed by atoms with E-state index in [1.165, 1.54) is 0 Å². The van der Waals surface area contributed by atoms with Crippen molar-refractivity contribution in [1.29, 1.82) is 0 Å². The Balaban J connectivity index is 1.71. The van der Waals surface area contributed by atoms with Crippen molar-refractivity contribution in [1.82, 2.24) is 10.6 Å². The Hall–Kier alpha value is -3.99. The third-order valence-electron chi connectivity index (χ3n) is 4.67. The van der Waals surface area contributed by atoms with Crippen molar-refractivity contribution in [2.45, 2.75) is 58.3 Å². The van der Waals surface area contributed by atoms with Gasteiger partial charge in [-0.2, -0.15) is 0 Å². The standard InChI is InChI=1S/C27H33N3O5/c1-27(2,3)35-26(33)30-23(24(28)31)17-16-21-14-12-20(13-15-21)9-7-8-18-29-25(32)34-19-22-10-5-4-6-11-22/h4-6,10-15,23H,8,16-19H2,1-3H3,(H2,28,31)(H,29,32)(H,30,33). The Bertz CT molecular complexity index is 1030. The number of rotatable bonds is 9. The third-order valence-corrected chi connectivity index (χ3v) is 4.67. The van der Waals surface area contributed by atoms with E-state index in [-0.39, 0.29) is 6.61 Å². The van der Waals surface area contributed by atoms with E-state index >= 15 is 0 Å². The molecule has 2 aromatic carbocycles. The van der Waals surface area contributed by atoms with Crippen molar-refractivity contribution in [3.63, 3.8) is 0 Å². The van der Waals surface area contributed by atoms with Crippen LogP contribution in [0.15, 0.2) is 54.6 Å². The fraction of sp³-hybridized carbons (Fsp3) is 0.370. The van der Waals surface area contributed by atoms with Gasteiger partial charge < -0.3 is 25.8 Å². The van der Waals surface area contributed by atoms with Gasteiger partial charge in [0.1, 0.15) is 18.2 Å². The zero-order chi connectivity index (χ0) is 25.7. The molecule has 1 atom stereocenters. The molecule has 0 aliphatic carbocycles. The molecular weight excluding hydrogens is 446 g/mol. The molecule has 35 heavy (non-hydrogen) atoms. The summed E-state index contributed by atoms with van der Waals surface area (Å²) < 4.78 is 10.3. The van der Waals surface area contributed by atoms with Gasteiger partial charge in [0.15, 0.2) is 0 Å². The molecule has 4 N–H and O–H groups in total. The van der Waals surface area contributed by atoms with E-state index in [9.17, 15) is 14.4 Å². The molecule has 2 aromatic rings. The van der Waals surface area contributed by atoms with Gasteiger partial charge in [-0.05, 0) is 56.9 Å². The fourth-order valence-electron chi connectivity index (χ4n) is 2.97. The monoisotopic (exact) mass is 479 g/mol. The number of alkyl carbamates (subject to hydrolysis) is 2. The molecule has 0 bridgehead atoms. The second-order valence-corrected chi connectivity index (χ2v) is 8.88. The summed E-state index contributed by atoms with van der Waals surface area (Å²) in [5.74, 6) is 5.44. The number of aryl methyl sites for hydroxylation is 1. The molecular formula is C27H33N3O5. The second kappa shape index (κ2) is 13.7. The first kappa shape index (κ1) is 27.3. The van der Waals surface area contributed by atoms with E-state index in [1.54, 1.807) is 20.8 Å². The molecule has 186 valence electrons. The molecule has 0 fully saturated rings. The molecule has 3 amide bonds. The summed E-state index contributed by atoms with van der Waals surface area (Å²) >= 11 is 0. The van der Waals surface area contributed by atoms with Gasteiger partial charge in [-0.25, -0.2) is 9.59 Å². The maximum absolute atomic E-state index is 11.9. The second-order valence-electron chi connectivity index (χ2n) is 8.88. The minimum atomic E-state index is -0.823.